The Labute approximate surface area is 141 Å². The SMILES string of the molecule is O=C(NCc1nc(-c2cc[nH]c(=O)c2)no1)c1n[nH]c2c1CCCC2. The van der Waals surface area contributed by atoms with Crippen molar-refractivity contribution in [2.75, 3.05) is 0 Å². The Kier molecular flexibility index (Phi) is 3.88. The molecule has 1 aliphatic rings. The second kappa shape index (κ2) is 6.34. The van der Waals surface area contributed by atoms with E-state index in [9.17, 15) is 9.59 Å². The zero-order valence-corrected chi connectivity index (χ0v) is 13.3. The van der Waals surface area contributed by atoms with E-state index in [1.165, 1.54) is 12.3 Å². The molecule has 4 rings (SSSR count). The van der Waals surface area contributed by atoms with Crippen LogP contribution in [-0.4, -0.2) is 31.2 Å². The fourth-order valence-electron chi connectivity index (χ4n) is 2.94. The lowest BCUT2D eigenvalue weighted by atomic mass is 9.96. The number of H-pyrrole nitrogens is 2. The maximum Gasteiger partial charge on any atom is 0.272 e. The van der Waals surface area contributed by atoms with Gasteiger partial charge in [0.2, 0.25) is 17.3 Å². The second-order valence-electron chi connectivity index (χ2n) is 5.87. The summed E-state index contributed by atoms with van der Waals surface area (Å²) in [5.74, 6) is 0.288. The number of hydrogen-bond donors (Lipinski definition) is 3. The molecule has 25 heavy (non-hydrogen) atoms. The van der Waals surface area contributed by atoms with Crippen LogP contribution in [0.15, 0.2) is 27.6 Å². The predicted octanol–water partition coefficient (Wildman–Crippen LogP) is 0.957. The van der Waals surface area contributed by atoms with E-state index in [0.717, 1.165) is 36.9 Å². The molecule has 0 saturated heterocycles. The monoisotopic (exact) mass is 340 g/mol. The van der Waals surface area contributed by atoms with Gasteiger partial charge in [0, 0.05) is 29.1 Å². The molecule has 0 bridgehead atoms. The summed E-state index contributed by atoms with van der Waals surface area (Å²) in [6.07, 6.45) is 5.48. The lowest BCUT2D eigenvalue weighted by molar-refractivity contribution is 0.0940. The van der Waals surface area contributed by atoms with Gasteiger partial charge in [-0.05, 0) is 31.7 Å². The van der Waals surface area contributed by atoms with Crippen molar-refractivity contribution in [1.29, 1.82) is 0 Å². The standard InChI is InChI=1S/C16H16N6O3/c23-12-7-9(5-6-17-12)15-19-13(25-22-15)8-18-16(24)14-10-3-1-2-4-11(10)20-21-14/h5-7H,1-4,8H2,(H,17,23)(H,18,24)(H,20,21). The van der Waals surface area contributed by atoms with Crippen molar-refractivity contribution < 1.29 is 9.32 Å². The number of aromatic nitrogens is 5. The van der Waals surface area contributed by atoms with Crippen molar-refractivity contribution in [3.63, 3.8) is 0 Å². The van der Waals surface area contributed by atoms with E-state index in [4.69, 9.17) is 4.52 Å². The molecule has 128 valence electrons. The molecule has 0 unspecified atom stereocenters. The number of nitrogens with zero attached hydrogens (tertiary/aromatic N) is 3. The normalized spacial score (nSPS) is 13.4. The molecule has 3 aromatic rings. The second-order valence-corrected chi connectivity index (χ2v) is 5.87. The van der Waals surface area contributed by atoms with Crippen LogP contribution < -0.4 is 10.9 Å². The minimum atomic E-state index is -0.268. The van der Waals surface area contributed by atoms with E-state index in [1.807, 2.05) is 0 Å². The first-order chi connectivity index (χ1) is 12.2. The molecule has 0 radical (unpaired) electrons. The van der Waals surface area contributed by atoms with Crippen molar-refractivity contribution in [2.24, 2.45) is 0 Å². The van der Waals surface area contributed by atoms with Crippen LogP contribution in [0.5, 0.6) is 0 Å². The van der Waals surface area contributed by atoms with Crippen molar-refractivity contribution in [3.05, 3.63) is 51.5 Å². The number of rotatable bonds is 4. The van der Waals surface area contributed by atoms with Gasteiger partial charge in [-0.2, -0.15) is 10.1 Å². The largest absolute Gasteiger partial charge is 0.342 e. The van der Waals surface area contributed by atoms with Gasteiger partial charge in [0.05, 0.1) is 6.54 Å². The van der Waals surface area contributed by atoms with Crippen LogP contribution in [-0.2, 0) is 19.4 Å². The molecular formula is C16H16N6O3. The first-order valence-electron chi connectivity index (χ1n) is 8.07. The minimum absolute atomic E-state index is 0.0939. The number of aryl methyl sites for hydroxylation is 1. The Hall–Kier alpha value is -3.23. The number of aromatic amines is 2. The average molecular weight is 340 g/mol. The lowest BCUT2D eigenvalue weighted by Gasteiger charge is -2.10. The smallest absolute Gasteiger partial charge is 0.272 e. The number of carbonyl (C=O) groups is 1. The summed E-state index contributed by atoms with van der Waals surface area (Å²) in [6, 6.07) is 3.05. The average Bonchev–Trinajstić information content (AvgIpc) is 3.27. The Morgan fingerprint density at radius 1 is 1.32 bits per heavy atom. The number of amides is 1. The summed E-state index contributed by atoms with van der Waals surface area (Å²) in [5, 5.41) is 13.6. The molecule has 0 atom stereocenters. The molecule has 9 nitrogen and oxygen atoms in total. The van der Waals surface area contributed by atoms with Crippen molar-refractivity contribution >= 4 is 5.91 Å². The molecule has 3 heterocycles. The maximum absolute atomic E-state index is 12.3. The maximum atomic E-state index is 12.3. The summed E-state index contributed by atoms with van der Waals surface area (Å²) < 4.78 is 5.12. The highest BCUT2D eigenvalue weighted by Crippen LogP contribution is 2.22. The third-order valence-electron chi connectivity index (χ3n) is 4.17. The molecular weight excluding hydrogens is 324 g/mol. The Morgan fingerprint density at radius 3 is 3.08 bits per heavy atom. The fraction of sp³-hybridized carbons (Fsp3) is 0.312. The van der Waals surface area contributed by atoms with Gasteiger partial charge in [-0.3, -0.25) is 14.7 Å². The first-order valence-corrected chi connectivity index (χ1v) is 8.07. The van der Waals surface area contributed by atoms with Crippen molar-refractivity contribution in [3.8, 4) is 11.4 Å². The molecule has 3 aromatic heterocycles. The highest BCUT2D eigenvalue weighted by molar-refractivity contribution is 5.93. The number of hydrogen-bond acceptors (Lipinski definition) is 6. The lowest BCUT2D eigenvalue weighted by Crippen LogP contribution is -2.24. The summed E-state index contributed by atoms with van der Waals surface area (Å²) in [4.78, 5) is 30.4. The number of fused-ring (bicyclic) bond motifs is 1. The van der Waals surface area contributed by atoms with Gasteiger partial charge in [-0.1, -0.05) is 5.16 Å². The molecule has 0 saturated carbocycles. The van der Waals surface area contributed by atoms with Crippen molar-refractivity contribution in [2.45, 2.75) is 32.2 Å². The molecule has 9 heteroatoms. The van der Waals surface area contributed by atoms with E-state index < -0.39 is 0 Å². The third-order valence-corrected chi connectivity index (χ3v) is 4.17. The molecule has 0 aliphatic heterocycles. The predicted molar refractivity (Wildman–Crippen MR) is 86.8 cm³/mol. The summed E-state index contributed by atoms with van der Waals surface area (Å²) in [5.41, 5.74) is 2.78. The van der Waals surface area contributed by atoms with E-state index in [-0.39, 0.29) is 23.9 Å². The fourth-order valence-corrected chi connectivity index (χ4v) is 2.94. The van der Waals surface area contributed by atoms with E-state index in [2.05, 4.69) is 30.6 Å². The zero-order valence-electron chi connectivity index (χ0n) is 13.3. The number of nitrogens with one attached hydrogen (secondary N) is 3. The van der Waals surface area contributed by atoms with Crippen LogP contribution in [0, 0.1) is 0 Å². The van der Waals surface area contributed by atoms with Crippen LogP contribution in [0.3, 0.4) is 0 Å². The summed E-state index contributed by atoms with van der Waals surface area (Å²) in [7, 11) is 0. The van der Waals surface area contributed by atoms with Gasteiger partial charge in [-0.15, -0.1) is 0 Å². The Bertz CT molecular complexity index is 970. The quantitative estimate of drug-likeness (QED) is 0.648. The Morgan fingerprint density at radius 2 is 2.20 bits per heavy atom. The number of pyridine rings is 1. The zero-order chi connectivity index (χ0) is 17.2. The highest BCUT2D eigenvalue weighted by atomic mass is 16.5. The van der Waals surface area contributed by atoms with Gasteiger partial charge in [0.25, 0.3) is 5.91 Å². The summed E-state index contributed by atoms with van der Waals surface area (Å²) in [6.45, 7) is 0.0939. The van der Waals surface area contributed by atoms with Crippen LogP contribution >= 0.6 is 0 Å². The topological polar surface area (TPSA) is 130 Å². The Balaban J connectivity index is 1.44. The van der Waals surface area contributed by atoms with Gasteiger partial charge in [0.1, 0.15) is 0 Å². The van der Waals surface area contributed by atoms with Crippen LogP contribution in [0.25, 0.3) is 11.4 Å². The molecule has 0 spiro atoms. The first kappa shape index (κ1) is 15.3. The highest BCUT2D eigenvalue weighted by Gasteiger charge is 2.22. The van der Waals surface area contributed by atoms with E-state index in [0.29, 0.717) is 17.1 Å². The van der Waals surface area contributed by atoms with E-state index in [1.54, 1.807) is 6.07 Å². The van der Waals surface area contributed by atoms with Gasteiger partial charge in [0.15, 0.2) is 5.69 Å². The van der Waals surface area contributed by atoms with Crippen LogP contribution in [0.1, 0.15) is 40.5 Å². The van der Waals surface area contributed by atoms with Crippen LogP contribution in [0.2, 0.25) is 0 Å². The van der Waals surface area contributed by atoms with Crippen LogP contribution in [0.4, 0.5) is 0 Å². The molecule has 1 amide bonds. The van der Waals surface area contributed by atoms with Gasteiger partial charge >= 0.3 is 0 Å². The minimum Gasteiger partial charge on any atom is -0.342 e. The van der Waals surface area contributed by atoms with Gasteiger partial charge in [-0.25, -0.2) is 0 Å². The molecule has 0 aromatic carbocycles. The third kappa shape index (κ3) is 3.08. The molecule has 3 N–H and O–H groups in total. The molecule has 1 aliphatic carbocycles. The molecule has 0 fully saturated rings. The van der Waals surface area contributed by atoms with E-state index >= 15 is 0 Å². The van der Waals surface area contributed by atoms with Gasteiger partial charge < -0.3 is 14.8 Å². The number of carbonyl (C=O) groups excluding carboxylic acids is 1. The van der Waals surface area contributed by atoms with Crippen molar-refractivity contribution in [1.82, 2.24) is 30.6 Å². The summed E-state index contributed by atoms with van der Waals surface area (Å²) >= 11 is 0.